The van der Waals surface area contributed by atoms with Crippen molar-refractivity contribution in [1.82, 2.24) is 4.98 Å². The number of aromatic nitrogens is 1. The third-order valence-corrected chi connectivity index (χ3v) is 5.41. The average Bonchev–Trinajstić information content (AvgIpc) is 3.33. The molecule has 0 unspecified atom stereocenters. The summed E-state index contributed by atoms with van der Waals surface area (Å²) >= 11 is 0. The van der Waals surface area contributed by atoms with Gasteiger partial charge in [0, 0.05) is 17.3 Å². The van der Waals surface area contributed by atoms with Crippen LogP contribution in [-0.2, 0) is 16.1 Å². The van der Waals surface area contributed by atoms with E-state index in [0.29, 0.717) is 29.3 Å². The predicted octanol–water partition coefficient (Wildman–Crippen LogP) is 3.73. The third-order valence-electron chi connectivity index (χ3n) is 5.41. The molecule has 0 saturated carbocycles. The number of hydrazone groups is 1. The van der Waals surface area contributed by atoms with E-state index < -0.39 is 12.0 Å². The van der Waals surface area contributed by atoms with Gasteiger partial charge in [-0.05, 0) is 24.6 Å². The molecule has 2 aliphatic heterocycles. The number of amides is 1. The standard InChI is InChI=1S/C23H19N3O3/c1-14-21(27)18-16(12-24-14)13-29-22(18)19-20(15-8-4-2-5-9-15)25-26(23(19)28)17-10-6-3-7-11-17/h2-12,19,22,27H,13H2,1H3/t19-,22-/m1/s1. The Labute approximate surface area is 168 Å². The van der Waals surface area contributed by atoms with Crippen LogP contribution in [0.4, 0.5) is 5.69 Å². The topological polar surface area (TPSA) is 75.0 Å². The average molecular weight is 385 g/mol. The van der Waals surface area contributed by atoms with Gasteiger partial charge in [0.15, 0.2) is 0 Å². The summed E-state index contributed by atoms with van der Waals surface area (Å²) in [7, 11) is 0. The Morgan fingerprint density at radius 3 is 2.48 bits per heavy atom. The van der Waals surface area contributed by atoms with Crippen molar-refractivity contribution in [2.75, 3.05) is 5.01 Å². The second kappa shape index (κ2) is 6.83. The molecule has 0 bridgehead atoms. The van der Waals surface area contributed by atoms with Crippen LogP contribution in [0.25, 0.3) is 0 Å². The molecule has 3 aromatic rings. The molecule has 0 aliphatic carbocycles. The molecule has 144 valence electrons. The maximum absolute atomic E-state index is 13.5. The van der Waals surface area contributed by atoms with E-state index >= 15 is 0 Å². The smallest absolute Gasteiger partial charge is 0.259 e. The van der Waals surface area contributed by atoms with Crippen molar-refractivity contribution in [2.45, 2.75) is 19.6 Å². The molecule has 0 fully saturated rings. The number of fused-ring (bicyclic) bond motifs is 1. The zero-order chi connectivity index (χ0) is 20.0. The quantitative estimate of drug-likeness (QED) is 0.745. The van der Waals surface area contributed by atoms with Crippen LogP contribution in [0.5, 0.6) is 5.75 Å². The highest BCUT2D eigenvalue weighted by Crippen LogP contribution is 2.45. The molecule has 2 atom stereocenters. The number of benzene rings is 2. The summed E-state index contributed by atoms with van der Waals surface area (Å²) in [6, 6.07) is 19.0. The first-order chi connectivity index (χ1) is 14.1. The number of aromatic hydroxyl groups is 1. The van der Waals surface area contributed by atoms with E-state index in [1.54, 1.807) is 13.1 Å². The molecule has 1 N–H and O–H groups in total. The predicted molar refractivity (Wildman–Crippen MR) is 109 cm³/mol. The number of carbonyl (C=O) groups is 1. The van der Waals surface area contributed by atoms with Crippen molar-refractivity contribution in [3.8, 4) is 5.75 Å². The first-order valence-corrected chi connectivity index (χ1v) is 9.47. The highest BCUT2D eigenvalue weighted by Gasteiger charge is 2.47. The van der Waals surface area contributed by atoms with Gasteiger partial charge in [-0.2, -0.15) is 10.1 Å². The number of hydrogen-bond acceptors (Lipinski definition) is 5. The van der Waals surface area contributed by atoms with Crippen LogP contribution in [0.2, 0.25) is 0 Å². The number of aryl methyl sites for hydroxylation is 1. The second-order valence-corrected chi connectivity index (χ2v) is 7.18. The van der Waals surface area contributed by atoms with Crippen LogP contribution in [0.1, 0.15) is 28.5 Å². The van der Waals surface area contributed by atoms with Gasteiger partial charge in [-0.25, -0.2) is 0 Å². The van der Waals surface area contributed by atoms with Crippen LogP contribution < -0.4 is 5.01 Å². The van der Waals surface area contributed by atoms with E-state index in [4.69, 9.17) is 4.74 Å². The van der Waals surface area contributed by atoms with Gasteiger partial charge in [-0.15, -0.1) is 0 Å². The van der Waals surface area contributed by atoms with Gasteiger partial charge in [0.2, 0.25) is 0 Å². The first-order valence-electron chi connectivity index (χ1n) is 9.47. The summed E-state index contributed by atoms with van der Waals surface area (Å²) in [5.41, 5.74) is 4.13. The number of hydrogen-bond donors (Lipinski definition) is 1. The van der Waals surface area contributed by atoms with Crippen LogP contribution in [0, 0.1) is 12.8 Å². The molecule has 0 spiro atoms. The van der Waals surface area contributed by atoms with Crippen LogP contribution in [0.15, 0.2) is 72.0 Å². The fourth-order valence-corrected chi connectivity index (χ4v) is 3.95. The number of ether oxygens (including phenoxy) is 1. The molecule has 0 radical (unpaired) electrons. The summed E-state index contributed by atoms with van der Waals surface area (Å²) in [6.07, 6.45) is 1.09. The van der Waals surface area contributed by atoms with Crippen molar-refractivity contribution in [2.24, 2.45) is 11.0 Å². The van der Waals surface area contributed by atoms with Crippen molar-refractivity contribution in [3.63, 3.8) is 0 Å². The Morgan fingerprint density at radius 2 is 1.76 bits per heavy atom. The lowest BCUT2D eigenvalue weighted by atomic mass is 9.87. The van der Waals surface area contributed by atoms with Crippen molar-refractivity contribution >= 4 is 17.3 Å². The fourth-order valence-electron chi connectivity index (χ4n) is 3.95. The Morgan fingerprint density at radius 1 is 1.07 bits per heavy atom. The lowest BCUT2D eigenvalue weighted by Crippen LogP contribution is -2.32. The van der Waals surface area contributed by atoms with Gasteiger partial charge < -0.3 is 9.84 Å². The largest absolute Gasteiger partial charge is 0.506 e. The van der Waals surface area contributed by atoms with E-state index in [-0.39, 0.29) is 11.7 Å². The molecule has 1 amide bonds. The normalized spacial score (nSPS) is 20.7. The Hall–Kier alpha value is -3.51. The van der Waals surface area contributed by atoms with E-state index in [1.807, 2.05) is 60.7 Å². The Balaban J connectivity index is 1.64. The number of nitrogens with zero attached hydrogens (tertiary/aromatic N) is 3. The molecule has 6 nitrogen and oxygen atoms in total. The molecule has 6 heteroatoms. The van der Waals surface area contributed by atoms with Crippen molar-refractivity contribution < 1.29 is 14.6 Å². The van der Waals surface area contributed by atoms with Gasteiger partial charge in [-0.3, -0.25) is 9.78 Å². The molecule has 3 heterocycles. The SMILES string of the molecule is Cc1ncc2c(c1O)[C@H]([C@@H]1C(=O)N(c3ccccc3)N=C1c1ccccc1)OC2. The highest BCUT2D eigenvalue weighted by molar-refractivity contribution is 6.22. The van der Waals surface area contributed by atoms with E-state index in [2.05, 4.69) is 10.1 Å². The van der Waals surface area contributed by atoms with Crippen LogP contribution in [-0.4, -0.2) is 21.7 Å². The molecule has 5 rings (SSSR count). The van der Waals surface area contributed by atoms with Gasteiger partial charge in [0.05, 0.1) is 23.7 Å². The molecule has 2 aromatic carbocycles. The number of anilines is 1. The summed E-state index contributed by atoms with van der Waals surface area (Å²) in [5, 5.41) is 16.8. The molecular weight excluding hydrogens is 366 g/mol. The van der Waals surface area contributed by atoms with Crippen molar-refractivity contribution in [1.29, 1.82) is 0 Å². The lowest BCUT2D eigenvalue weighted by molar-refractivity contribution is -0.123. The van der Waals surface area contributed by atoms with E-state index in [0.717, 1.165) is 11.1 Å². The summed E-state index contributed by atoms with van der Waals surface area (Å²) in [4.78, 5) is 17.7. The van der Waals surface area contributed by atoms with E-state index in [9.17, 15) is 9.90 Å². The maximum Gasteiger partial charge on any atom is 0.259 e. The number of carbonyl (C=O) groups excluding carboxylic acids is 1. The Bertz CT molecular complexity index is 1110. The second-order valence-electron chi connectivity index (χ2n) is 7.18. The Kier molecular flexibility index (Phi) is 4.14. The van der Waals surface area contributed by atoms with Crippen LogP contribution in [0.3, 0.4) is 0 Å². The van der Waals surface area contributed by atoms with Crippen LogP contribution >= 0.6 is 0 Å². The molecular formula is C23H19N3O3. The van der Waals surface area contributed by atoms with Gasteiger partial charge >= 0.3 is 0 Å². The summed E-state index contributed by atoms with van der Waals surface area (Å²) in [6.45, 7) is 2.04. The molecule has 1 aromatic heterocycles. The van der Waals surface area contributed by atoms with E-state index in [1.165, 1.54) is 5.01 Å². The lowest BCUT2D eigenvalue weighted by Gasteiger charge is -2.21. The molecule has 2 aliphatic rings. The maximum atomic E-state index is 13.5. The number of rotatable bonds is 3. The highest BCUT2D eigenvalue weighted by atomic mass is 16.5. The zero-order valence-corrected chi connectivity index (χ0v) is 15.8. The minimum absolute atomic E-state index is 0.0865. The minimum atomic E-state index is -0.661. The number of pyridine rings is 1. The minimum Gasteiger partial charge on any atom is -0.506 e. The van der Waals surface area contributed by atoms with Gasteiger partial charge in [0.1, 0.15) is 17.8 Å². The molecule has 0 saturated heterocycles. The van der Waals surface area contributed by atoms with Crippen molar-refractivity contribution in [3.05, 3.63) is 89.2 Å². The zero-order valence-electron chi connectivity index (χ0n) is 15.8. The first kappa shape index (κ1) is 17.6. The monoisotopic (exact) mass is 385 g/mol. The molecule has 29 heavy (non-hydrogen) atoms. The number of para-hydroxylation sites is 1. The third kappa shape index (κ3) is 2.80. The fraction of sp³-hybridized carbons (Fsp3) is 0.174. The summed E-state index contributed by atoms with van der Waals surface area (Å²) in [5.74, 6) is -0.753. The summed E-state index contributed by atoms with van der Waals surface area (Å²) < 4.78 is 6.02. The van der Waals surface area contributed by atoms with Gasteiger partial charge in [-0.1, -0.05) is 48.5 Å². The van der Waals surface area contributed by atoms with Gasteiger partial charge in [0.25, 0.3) is 5.91 Å².